The van der Waals surface area contributed by atoms with E-state index in [1.54, 1.807) is 19.3 Å². The van der Waals surface area contributed by atoms with E-state index in [0.29, 0.717) is 17.0 Å². The van der Waals surface area contributed by atoms with E-state index in [1.807, 2.05) is 19.1 Å². The molecule has 0 aliphatic heterocycles. The molecular weight excluding hydrogens is 296 g/mol. The third-order valence-corrected chi connectivity index (χ3v) is 3.71. The molecule has 0 unspecified atom stereocenters. The molecule has 18 heavy (non-hydrogen) atoms. The van der Waals surface area contributed by atoms with E-state index in [2.05, 4.69) is 21.0 Å². The van der Waals surface area contributed by atoms with Crippen molar-refractivity contribution in [2.45, 2.75) is 6.92 Å². The predicted molar refractivity (Wildman–Crippen MR) is 72.1 cm³/mol. The highest BCUT2D eigenvalue weighted by Gasteiger charge is 2.21. The fraction of sp³-hybridized carbons (Fsp3) is 0.231. The number of hydrogen-bond acceptors (Lipinski definition) is 3. The minimum absolute atomic E-state index is 0.0920. The molecule has 0 amide bonds. The van der Waals surface area contributed by atoms with Crippen molar-refractivity contribution in [3.8, 4) is 5.75 Å². The summed E-state index contributed by atoms with van der Waals surface area (Å²) in [6.07, 6.45) is 1.54. The summed E-state index contributed by atoms with van der Waals surface area (Å²) in [4.78, 5) is 12.5. The van der Waals surface area contributed by atoms with Crippen LogP contribution < -0.4 is 4.74 Å². The van der Waals surface area contributed by atoms with E-state index < -0.39 is 0 Å². The molecule has 0 radical (unpaired) electrons. The summed E-state index contributed by atoms with van der Waals surface area (Å²) < 4.78 is 7.60. The Balaban J connectivity index is 2.55. The summed E-state index contributed by atoms with van der Waals surface area (Å²) in [5.74, 6) is 0.396. The molecule has 2 rings (SSSR count). The number of methoxy groups -OCH3 is 1. The first-order chi connectivity index (χ1) is 8.56. The number of carbonyl (C=O) groups excluding carboxylic acids is 1. The van der Waals surface area contributed by atoms with Crippen LogP contribution >= 0.6 is 15.9 Å². The molecular formula is C13H13BrN2O2. The predicted octanol–water partition coefficient (Wildman–Crippen LogP) is 2.73. The van der Waals surface area contributed by atoms with Crippen LogP contribution in [0.5, 0.6) is 5.75 Å². The number of benzene rings is 1. The van der Waals surface area contributed by atoms with E-state index in [9.17, 15) is 4.79 Å². The molecule has 0 aliphatic carbocycles. The van der Waals surface area contributed by atoms with Crippen molar-refractivity contribution in [2.24, 2.45) is 7.05 Å². The van der Waals surface area contributed by atoms with Crippen molar-refractivity contribution >= 4 is 21.7 Å². The van der Waals surface area contributed by atoms with Crippen molar-refractivity contribution in [3.05, 3.63) is 45.7 Å². The van der Waals surface area contributed by atoms with Gasteiger partial charge in [0.05, 0.1) is 13.3 Å². The second kappa shape index (κ2) is 4.94. The van der Waals surface area contributed by atoms with Crippen LogP contribution in [0, 0.1) is 6.92 Å². The molecule has 0 saturated carbocycles. The van der Waals surface area contributed by atoms with E-state index in [0.717, 1.165) is 10.0 Å². The normalized spacial score (nSPS) is 10.4. The maximum Gasteiger partial charge on any atom is 0.215 e. The number of halogens is 1. The summed E-state index contributed by atoms with van der Waals surface area (Å²) in [6, 6.07) is 5.55. The second-order valence-electron chi connectivity index (χ2n) is 3.93. The minimum atomic E-state index is -0.0920. The molecule has 1 aromatic heterocycles. The van der Waals surface area contributed by atoms with Crippen LogP contribution in [0.4, 0.5) is 0 Å². The highest BCUT2D eigenvalue weighted by molar-refractivity contribution is 9.10. The minimum Gasteiger partial charge on any atom is -0.493 e. The van der Waals surface area contributed by atoms with Crippen LogP contribution in [0.3, 0.4) is 0 Å². The molecule has 0 fully saturated rings. The lowest BCUT2D eigenvalue weighted by molar-refractivity contribution is 0.102. The van der Waals surface area contributed by atoms with Gasteiger partial charge in [-0.15, -0.1) is 0 Å². The maximum atomic E-state index is 12.5. The van der Waals surface area contributed by atoms with Gasteiger partial charge in [0.1, 0.15) is 0 Å². The number of nitrogens with zero attached hydrogens (tertiary/aromatic N) is 2. The molecule has 1 heterocycles. The highest BCUT2D eigenvalue weighted by Crippen LogP contribution is 2.25. The van der Waals surface area contributed by atoms with Gasteiger partial charge in [-0.1, -0.05) is 28.1 Å². The van der Waals surface area contributed by atoms with Gasteiger partial charge >= 0.3 is 0 Å². The number of aromatic nitrogens is 2. The molecule has 0 saturated heterocycles. The van der Waals surface area contributed by atoms with Crippen molar-refractivity contribution in [1.82, 2.24) is 9.78 Å². The SMILES string of the molecule is COc1cnn(C)c1C(=O)c1cccc(Br)c1C. The number of carbonyl (C=O) groups is 1. The fourth-order valence-electron chi connectivity index (χ4n) is 1.81. The average Bonchev–Trinajstić information content (AvgIpc) is 2.73. The number of rotatable bonds is 3. The summed E-state index contributed by atoms with van der Waals surface area (Å²) in [7, 11) is 3.25. The Morgan fingerprint density at radius 3 is 2.83 bits per heavy atom. The van der Waals surface area contributed by atoms with E-state index in [4.69, 9.17) is 4.74 Å². The highest BCUT2D eigenvalue weighted by atomic mass is 79.9. The molecule has 1 aromatic carbocycles. The zero-order chi connectivity index (χ0) is 13.3. The zero-order valence-corrected chi connectivity index (χ0v) is 12.0. The van der Waals surface area contributed by atoms with Crippen LogP contribution in [-0.2, 0) is 7.05 Å². The van der Waals surface area contributed by atoms with Gasteiger partial charge in [0.2, 0.25) is 5.78 Å². The Morgan fingerprint density at radius 2 is 2.17 bits per heavy atom. The lowest BCUT2D eigenvalue weighted by atomic mass is 10.0. The number of aryl methyl sites for hydroxylation is 1. The molecule has 0 spiro atoms. The Hall–Kier alpha value is -1.62. The zero-order valence-electron chi connectivity index (χ0n) is 10.4. The lowest BCUT2D eigenvalue weighted by Crippen LogP contribution is -2.11. The Kier molecular flexibility index (Phi) is 3.52. The monoisotopic (exact) mass is 308 g/mol. The molecule has 94 valence electrons. The Bertz CT molecular complexity index is 605. The van der Waals surface area contributed by atoms with Crippen molar-refractivity contribution in [3.63, 3.8) is 0 Å². The Morgan fingerprint density at radius 1 is 1.44 bits per heavy atom. The van der Waals surface area contributed by atoms with Crippen molar-refractivity contribution in [2.75, 3.05) is 7.11 Å². The first kappa shape index (κ1) is 12.8. The summed E-state index contributed by atoms with van der Waals surface area (Å²) in [6.45, 7) is 1.90. The Labute approximate surface area is 114 Å². The second-order valence-corrected chi connectivity index (χ2v) is 4.78. The van der Waals surface area contributed by atoms with Gasteiger partial charge in [0, 0.05) is 17.1 Å². The molecule has 2 aromatic rings. The van der Waals surface area contributed by atoms with Crippen molar-refractivity contribution in [1.29, 1.82) is 0 Å². The first-order valence-electron chi connectivity index (χ1n) is 5.42. The molecule has 0 aliphatic rings. The van der Waals surface area contributed by atoms with Gasteiger partial charge in [-0.25, -0.2) is 0 Å². The van der Waals surface area contributed by atoms with Crippen LogP contribution in [0.15, 0.2) is 28.9 Å². The molecule has 4 nitrogen and oxygen atoms in total. The van der Waals surface area contributed by atoms with Crippen LogP contribution in [0.1, 0.15) is 21.6 Å². The average molecular weight is 309 g/mol. The number of ether oxygens (including phenoxy) is 1. The van der Waals surface area contributed by atoms with Gasteiger partial charge in [0.15, 0.2) is 11.4 Å². The lowest BCUT2D eigenvalue weighted by Gasteiger charge is -2.08. The summed E-state index contributed by atoms with van der Waals surface area (Å²) in [5.41, 5.74) is 2.01. The first-order valence-corrected chi connectivity index (χ1v) is 6.21. The number of hydrogen-bond donors (Lipinski definition) is 0. The van der Waals surface area contributed by atoms with Gasteiger partial charge in [0.25, 0.3) is 0 Å². The standard InChI is InChI=1S/C13H13BrN2O2/c1-8-9(5-4-6-10(8)14)13(17)12-11(18-3)7-15-16(12)2/h4-7H,1-3H3. The van der Waals surface area contributed by atoms with Crippen LogP contribution in [0.2, 0.25) is 0 Å². The van der Waals surface area contributed by atoms with E-state index in [1.165, 1.54) is 11.8 Å². The molecule has 0 atom stereocenters. The summed E-state index contributed by atoms with van der Waals surface area (Å²) in [5, 5.41) is 4.05. The third kappa shape index (κ3) is 2.06. The van der Waals surface area contributed by atoms with Gasteiger partial charge in [-0.2, -0.15) is 5.10 Å². The maximum absolute atomic E-state index is 12.5. The molecule has 0 bridgehead atoms. The van der Waals surface area contributed by atoms with Crippen LogP contribution in [0.25, 0.3) is 0 Å². The smallest absolute Gasteiger partial charge is 0.215 e. The summed E-state index contributed by atoms with van der Waals surface area (Å²) >= 11 is 3.43. The van der Waals surface area contributed by atoms with Gasteiger partial charge in [-0.3, -0.25) is 9.48 Å². The molecule has 5 heteroatoms. The van der Waals surface area contributed by atoms with Crippen LogP contribution in [-0.4, -0.2) is 22.7 Å². The van der Waals surface area contributed by atoms with E-state index in [-0.39, 0.29) is 5.78 Å². The largest absolute Gasteiger partial charge is 0.493 e. The van der Waals surface area contributed by atoms with Gasteiger partial charge < -0.3 is 4.74 Å². The quantitative estimate of drug-likeness (QED) is 0.819. The van der Waals surface area contributed by atoms with Crippen molar-refractivity contribution < 1.29 is 9.53 Å². The topological polar surface area (TPSA) is 44.1 Å². The third-order valence-electron chi connectivity index (χ3n) is 2.85. The molecule has 0 N–H and O–H groups in total. The number of ketones is 1. The fourth-order valence-corrected chi connectivity index (χ4v) is 2.17. The van der Waals surface area contributed by atoms with E-state index >= 15 is 0 Å². The van der Waals surface area contributed by atoms with Gasteiger partial charge in [-0.05, 0) is 18.6 Å².